The largest absolute Gasteiger partial charge is 0.507 e. The van der Waals surface area contributed by atoms with Gasteiger partial charge in [-0.3, -0.25) is 0 Å². The summed E-state index contributed by atoms with van der Waals surface area (Å²) in [7, 11) is 0. The van der Waals surface area contributed by atoms with Gasteiger partial charge in [-0.05, 0) is 67.8 Å². The van der Waals surface area contributed by atoms with Crippen LogP contribution in [0.1, 0.15) is 5.56 Å². The van der Waals surface area contributed by atoms with Gasteiger partial charge >= 0.3 is 5.97 Å². The molecule has 8 heteroatoms. The van der Waals surface area contributed by atoms with Crippen LogP contribution in [0.4, 0.5) is 0 Å². The molecule has 0 aliphatic heterocycles. The van der Waals surface area contributed by atoms with E-state index in [2.05, 4.69) is 37.0 Å². The van der Waals surface area contributed by atoms with E-state index >= 15 is 0 Å². The number of ether oxygens (including phenoxy) is 1. The predicted octanol–water partition coefficient (Wildman–Crippen LogP) is 5.64. The van der Waals surface area contributed by atoms with Gasteiger partial charge in [-0.25, -0.2) is 4.79 Å². The van der Waals surface area contributed by atoms with E-state index in [-0.39, 0.29) is 11.3 Å². The summed E-state index contributed by atoms with van der Waals surface area (Å²) in [5, 5.41) is 31.0. The quantitative estimate of drug-likeness (QED) is 0.236. The third-order valence-corrected chi connectivity index (χ3v) is 5.03. The fourth-order valence-corrected chi connectivity index (χ4v) is 3.91. The van der Waals surface area contributed by atoms with Crippen LogP contribution in [-0.2, 0) is 4.79 Å². The van der Waals surface area contributed by atoms with E-state index < -0.39 is 11.7 Å². The van der Waals surface area contributed by atoms with Crippen LogP contribution in [0.3, 0.4) is 0 Å². The number of hydrogen-bond acceptors (Lipinski definition) is 5. The SMILES string of the molecule is O=C(O)/C(=N/O)c1cc(Br)c(Oc2ccc(O)c(-c3ccccc3)c2)c(Br)c1. The normalized spacial score (nSPS) is 11.3. The summed E-state index contributed by atoms with van der Waals surface area (Å²) >= 11 is 6.69. The van der Waals surface area contributed by atoms with Crippen molar-refractivity contribution in [1.29, 1.82) is 0 Å². The average molecular weight is 507 g/mol. The standard InChI is InChI=1S/C20H13Br2NO5/c21-15-8-12(18(23-27)20(25)26)9-16(22)19(15)28-13-6-7-17(24)14(10-13)11-4-2-1-3-5-11/h1-10,24,27H,(H,25,26)/b23-18+. The van der Waals surface area contributed by atoms with Gasteiger partial charge in [-0.15, -0.1) is 0 Å². The Hall–Kier alpha value is -2.84. The summed E-state index contributed by atoms with van der Waals surface area (Å²) in [6.45, 7) is 0. The van der Waals surface area contributed by atoms with Crippen LogP contribution >= 0.6 is 31.9 Å². The number of carbonyl (C=O) groups is 1. The van der Waals surface area contributed by atoms with Crippen LogP contribution in [0, 0.1) is 0 Å². The fourth-order valence-electron chi connectivity index (χ4n) is 2.56. The number of phenols is 1. The molecular weight excluding hydrogens is 494 g/mol. The van der Waals surface area contributed by atoms with Crippen molar-refractivity contribution in [2.75, 3.05) is 0 Å². The minimum Gasteiger partial charge on any atom is -0.507 e. The molecule has 142 valence electrons. The van der Waals surface area contributed by atoms with Crippen molar-refractivity contribution in [3.05, 3.63) is 75.2 Å². The third-order valence-electron chi connectivity index (χ3n) is 3.85. The van der Waals surface area contributed by atoms with Crippen LogP contribution < -0.4 is 4.74 Å². The summed E-state index contributed by atoms with van der Waals surface area (Å²) in [5.74, 6) is -0.366. The molecule has 0 saturated heterocycles. The fraction of sp³-hybridized carbons (Fsp3) is 0. The number of benzene rings is 3. The molecule has 0 fully saturated rings. The highest BCUT2D eigenvalue weighted by Crippen LogP contribution is 2.40. The first-order chi connectivity index (χ1) is 13.4. The van der Waals surface area contributed by atoms with Crippen LogP contribution in [0.2, 0.25) is 0 Å². The maximum atomic E-state index is 11.2. The van der Waals surface area contributed by atoms with E-state index in [1.165, 1.54) is 18.2 Å². The Morgan fingerprint density at radius 3 is 2.18 bits per heavy atom. The second kappa shape index (κ2) is 8.45. The van der Waals surface area contributed by atoms with E-state index in [1.807, 2.05) is 30.3 Å². The Kier molecular flexibility index (Phi) is 6.01. The maximum Gasteiger partial charge on any atom is 0.358 e. The van der Waals surface area contributed by atoms with Crippen molar-refractivity contribution in [3.63, 3.8) is 0 Å². The van der Waals surface area contributed by atoms with Gasteiger partial charge in [0.15, 0.2) is 11.5 Å². The van der Waals surface area contributed by atoms with Crippen LogP contribution in [-0.4, -0.2) is 27.1 Å². The number of rotatable bonds is 5. The van der Waals surface area contributed by atoms with Gasteiger partial charge in [-0.2, -0.15) is 0 Å². The zero-order valence-electron chi connectivity index (χ0n) is 14.1. The van der Waals surface area contributed by atoms with Crippen molar-refractivity contribution >= 4 is 43.5 Å². The Labute approximate surface area is 177 Å². The Balaban J connectivity index is 1.98. The van der Waals surface area contributed by atoms with E-state index in [4.69, 9.17) is 15.1 Å². The molecule has 3 aromatic carbocycles. The predicted molar refractivity (Wildman–Crippen MR) is 111 cm³/mol. The first kappa shape index (κ1) is 19.9. The molecule has 0 radical (unpaired) electrons. The highest BCUT2D eigenvalue weighted by Gasteiger charge is 2.18. The lowest BCUT2D eigenvalue weighted by Gasteiger charge is -2.13. The zero-order valence-corrected chi connectivity index (χ0v) is 17.3. The molecular formula is C20H13Br2NO5. The number of carboxylic acids is 1. The molecule has 0 aliphatic rings. The summed E-state index contributed by atoms with van der Waals surface area (Å²) in [6, 6.07) is 17.2. The second-order valence-corrected chi connectivity index (χ2v) is 7.38. The monoisotopic (exact) mass is 505 g/mol. The molecule has 0 spiro atoms. The van der Waals surface area contributed by atoms with Crippen LogP contribution in [0.25, 0.3) is 11.1 Å². The summed E-state index contributed by atoms with van der Waals surface area (Å²) in [5.41, 5.74) is 1.15. The number of oxime groups is 1. The Morgan fingerprint density at radius 2 is 1.61 bits per heavy atom. The lowest BCUT2D eigenvalue weighted by atomic mass is 10.0. The van der Waals surface area contributed by atoms with Crippen molar-refractivity contribution in [1.82, 2.24) is 0 Å². The smallest absolute Gasteiger partial charge is 0.358 e. The zero-order chi connectivity index (χ0) is 20.3. The molecule has 0 unspecified atom stereocenters. The molecule has 28 heavy (non-hydrogen) atoms. The van der Waals surface area contributed by atoms with E-state index in [1.54, 1.807) is 12.1 Å². The summed E-state index contributed by atoms with van der Waals surface area (Å²) in [6.07, 6.45) is 0. The van der Waals surface area contributed by atoms with Crippen LogP contribution in [0.15, 0.2) is 74.8 Å². The first-order valence-electron chi connectivity index (χ1n) is 7.91. The minimum absolute atomic E-state index is 0.122. The number of phenolic OH excluding ortho intramolecular Hbond substituents is 1. The minimum atomic E-state index is -1.36. The number of carboxylic acid groups (broad SMARTS) is 1. The lowest BCUT2D eigenvalue weighted by Crippen LogP contribution is -2.14. The molecule has 3 N–H and O–H groups in total. The number of hydrogen-bond donors (Lipinski definition) is 3. The Morgan fingerprint density at radius 1 is 0.964 bits per heavy atom. The van der Waals surface area contributed by atoms with Crippen molar-refractivity contribution < 1.29 is 25.0 Å². The molecule has 0 saturated carbocycles. The number of aromatic hydroxyl groups is 1. The van der Waals surface area contributed by atoms with Crippen molar-refractivity contribution in [2.24, 2.45) is 5.16 Å². The Bertz CT molecular complexity index is 1040. The highest BCUT2D eigenvalue weighted by atomic mass is 79.9. The van der Waals surface area contributed by atoms with Crippen molar-refractivity contribution in [2.45, 2.75) is 0 Å². The molecule has 6 nitrogen and oxygen atoms in total. The maximum absolute atomic E-state index is 11.2. The molecule has 0 amide bonds. The van der Waals surface area contributed by atoms with Gasteiger partial charge in [0.05, 0.1) is 8.95 Å². The van der Waals surface area contributed by atoms with Crippen LogP contribution in [0.5, 0.6) is 17.2 Å². The van der Waals surface area contributed by atoms with Gasteiger partial charge in [0.2, 0.25) is 0 Å². The van der Waals surface area contributed by atoms with Gasteiger partial charge in [0.25, 0.3) is 0 Å². The van der Waals surface area contributed by atoms with E-state index in [0.717, 1.165) is 5.56 Å². The van der Waals surface area contributed by atoms with Crippen molar-refractivity contribution in [3.8, 4) is 28.4 Å². The lowest BCUT2D eigenvalue weighted by molar-refractivity contribution is -0.129. The van der Waals surface area contributed by atoms with E-state index in [9.17, 15) is 9.90 Å². The highest BCUT2D eigenvalue weighted by molar-refractivity contribution is 9.11. The van der Waals surface area contributed by atoms with Gasteiger partial charge in [-0.1, -0.05) is 35.5 Å². The average Bonchev–Trinajstić information content (AvgIpc) is 2.67. The summed E-state index contributed by atoms with van der Waals surface area (Å²) < 4.78 is 6.84. The topological polar surface area (TPSA) is 99.4 Å². The van der Waals surface area contributed by atoms with Gasteiger partial charge in [0, 0.05) is 11.1 Å². The first-order valence-corrected chi connectivity index (χ1v) is 9.50. The van der Waals surface area contributed by atoms with E-state index in [0.29, 0.717) is 26.0 Å². The van der Waals surface area contributed by atoms with Gasteiger partial charge in [0.1, 0.15) is 11.5 Å². The number of halogens is 2. The number of nitrogens with zero attached hydrogens (tertiary/aromatic N) is 1. The molecule has 3 aromatic rings. The summed E-state index contributed by atoms with van der Waals surface area (Å²) in [4.78, 5) is 11.2. The molecule has 3 rings (SSSR count). The number of aliphatic carboxylic acids is 1. The molecule has 0 atom stereocenters. The van der Waals surface area contributed by atoms with Gasteiger partial charge < -0.3 is 20.2 Å². The molecule has 0 bridgehead atoms. The second-order valence-electron chi connectivity index (χ2n) is 5.67. The molecule has 0 heterocycles. The molecule has 0 aliphatic carbocycles. The molecule has 0 aromatic heterocycles. The third kappa shape index (κ3) is 4.18.